The zero-order valence-electron chi connectivity index (χ0n) is 9.64. The highest BCUT2D eigenvalue weighted by Gasteiger charge is 2.43. The summed E-state index contributed by atoms with van der Waals surface area (Å²) in [6.07, 6.45) is 8.15. The number of hydrogen-bond acceptors (Lipinski definition) is 2. The molecule has 0 N–H and O–H groups in total. The minimum Gasteiger partial charge on any atom is -0.155 e. The van der Waals surface area contributed by atoms with Gasteiger partial charge in [0.25, 0.3) is 0 Å². The molecular weight excluding hydrogens is 184 g/mol. The summed E-state index contributed by atoms with van der Waals surface area (Å²) in [5, 5.41) is 8.57. The van der Waals surface area contributed by atoms with E-state index < -0.39 is 0 Å². The van der Waals surface area contributed by atoms with Crippen LogP contribution >= 0.6 is 0 Å². The molecule has 0 atom stereocenters. The number of aryl methyl sites for hydroxylation is 2. The third-order valence-electron chi connectivity index (χ3n) is 4.39. The van der Waals surface area contributed by atoms with Gasteiger partial charge in [0.1, 0.15) is 0 Å². The minimum absolute atomic E-state index is 0.500. The Labute approximate surface area is 91.1 Å². The molecule has 1 fully saturated rings. The first kappa shape index (κ1) is 9.32. The second kappa shape index (κ2) is 3.03. The van der Waals surface area contributed by atoms with E-state index in [0.29, 0.717) is 5.41 Å². The van der Waals surface area contributed by atoms with E-state index >= 15 is 0 Å². The van der Waals surface area contributed by atoms with Crippen LogP contribution in [0.2, 0.25) is 0 Å². The Morgan fingerprint density at radius 1 is 0.933 bits per heavy atom. The van der Waals surface area contributed by atoms with E-state index in [1.54, 1.807) is 5.56 Å². The van der Waals surface area contributed by atoms with E-state index in [1.807, 2.05) is 0 Å². The lowest BCUT2D eigenvalue weighted by atomic mass is 9.79. The molecule has 0 unspecified atom stereocenters. The second-order valence-electron chi connectivity index (χ2n) is 5.21. The molecule has 3 rings (SSSR count). The lowest BCUT2D eigenvalue weighted by molar-refractivity contribution is 0.435. The van der Waals surface area contributed by atoms with E-state index in [2.05, 4.69) is 24.0 Å². The number of hydrogen-bond donors (Lipinski definition) is 0. The van der Waals surface area contributed by atoms with E-state index in [9.17, 15) is 0 Å². The molecule has 1 aromatic rings. The van der Waals surface area contributed by atoms with Crippen molar-refractivity contribution < 1.29 is 0 Å². The van der Waals surface area contributed by atoms with Gasteiger partial charge in [0.2, 0.25) is 0 Å². The van der Waals surface area contributed by atoms with Gasteiger partial charge in [0.15, 0.2) is 0 Å². The molecule has 2 heteroatoms. The van der Waals surface area contributed by atoms with Gasteiger partial charge in [-0.15, -0.1) is 0 Å². The van der Waals surface area contributed by atoms with E-state index in [-0.39, 0.29) is 0 Å². The Morgan fingerprint density at radius 2 is 1.60 bits per heavy atom. The van der Waals surface area contributed by atoms with Crippen molar-refractivity contribution in [1.29, 1.82) is 0 Å². The summed E-state index contributed by atoms with van der Waals surface area (Å²) in [4.78, 5) is 0. The van der Waals surface area contributed by atoms with Gasteiger partial charge in [-0.25, -0.2) is 0 Å². The summed E-state index contributed by atoms with van der Waals surface area (Å²) in [5.74, 6) is 0. The molecule has 2 nitrogen and oxygen atoms in total. The summed E-state index contributed by atoms with van der Waals surface area (Å²) in [6.45, 7) is 4.25. The summed E-state index contributed by atoms with van der Waals surface area (Å²) < 4.78 is 0. The Hall–Kier alpha value is -0.920. The van der Waals surface area contributed by atoms with Gasteiger partial charge in [-0.05, 0) is 56.1 Å². The lowest BCUT2D eigenvalue weighted by Gasteiger charge is -2.25. The highest BCUT2D eigenvalue weighted by Crippen LogP contribution is 2.51. The zero-order chi connectivity index (χ0) is 10.5. The van der Waals surface area contributed by atoms with Crippen LogP contribution in [-0.2, 0) is 11.8 Å². The Morgan fingerprint density at radius 3 is 2.33 bits per heavy atom. The molecule has 0 bridgehead atoms. The number of nitrogens with zero attached hydrogens (tertiary/aromatic N) is 2. The molecule has 1 aromatic heterocycles. The highest BCUT2D eigenvalue weighted by atomic mass is 15.1. The summed E-state index contributed by atoms with van der Waals surface area (Å²) in [7, 11) is 0. The maximum atomic E-state index is 4.32. The average Bonchev–Trinajstić information content (AvgIpc) is 2.83. The van der Waals surface area contributed by atoms with Crippen molar-refractivity contribution >= 4 is 0 Å². The summed E-state index contributed by atoms with van der Waals surface area (Å²) in [5.41, 5.74) is 5.95. The predicted molar refractivity (Wildman–Crippen MR) is 60.0 cm³/mol. The van der Waals surface area contributed by atoms with Crippen LogP contribution in [-0.4, -0.2) is 10.2 Å². The van der Waals surface area contributed by atoms with E-state index in [4.69, 9.17) is 0 Å². The molecule has 80 valence electrons. The van der Waals surface area contributed by atoms with Gasteiger partial charge in [-0.3, -0.25) is 0 Å². The molecule has 0 saturated heterocycles. The van der Waals surface area contributed by atoms with Crippen molar-refractivity contribution in [2.75, 3.05) is 0 Å². The maximum absolute atomic E-state index is 4.32. The van der Waals surface area contributed by atoms with E-state index in [0.717, 1.165) is 0 Å². The Balaban J connectivity index is 2.20. The number of rotatable bonds is 0. The van der Waals surface area contributed by atoms with Gasteiger partial charge in [0.05, 0.1) is 11.4 Å². The molecule has 0 radical (unpaired) electrons. The van der Waals surface area contributed by atoms with Crippen molar-refractivity contribution in [3.63, 3.8) is 0 Å². The van der Waals surface area contributed by atoms with Gasteiger partial charge >= 0.3 is 0 Å². The summed E-state index contributed by atoms with van der Waals surface area (Å²) >= 11 is 0. The second-order valence-corrected chi connectivity index (χ2v) is 5.21. The maximum Gasteiger partial charge on any atom is 0.0640 e. The van der Waals surface area contributed by atoms with Crippen molar-refractivity contribution in [2.45, 2.75) is 57.8 Å². The van der Waals surface area contributed by atoms with Gasteiger partial charge in [0, 0.05) is 0 Å². The van der Waals surface area contributed by atoms with Crippen LogP contribution in [0.1, 0.15) is 54.6 Å². The van der Waals surface area contributed by atoms with E-state index in [1.165, 1.54) is 55.5 Å². The van der Waals surface area contributed by atoms with Crippen LogP contribution in [0.3, 0.4) is 0 Å². The molecule has 2 aliphatic rings. The first-order chi connectivity index (χ1) is 7.23. The topological polar surface area (TPSA) is 25.8 Å². The molecule has 0 aliphatic heterocycles. The zero-order valence-corrected chi connectivity index (χ0v) is 9.64. The first-order valence-corrected chi connectivity index (χ1v) is 6.06. The number of aromatic nitrogens is 2. The fraction of sp³-hybridized carbons (Fsp3) is 0.692. The van der Waals surface area contributed by atoms with Crippen LogP contribution < -0.4 is 0 Å². The van der Waals surface area contributed by atoms with Crippen molar-refractivity contribution in [1.82, 2.24) is 10.2 Å². The molecular formula is C13H18N2. The number of fused-ring (bicyclic) bond motifs is 2. The predicted octanol–water partition coefficient (Wildman–Crippen LogP) is 2.85. The molecule has 1 saturated carbocycles. The SMILES string of the molecule is Cc1nnc(C)c2c1CCC21CCCC1. The van der Waals surface area contributed by atoms with Crippen LogP contribution in [0.4, 0.5) is 0 Å². The normalized spacial score (nSPS) is 22.3. The van der Waals surface area contributed by atoms with Crippen molar-refractivity contribution in [3.05, 3.63) is 22.5 Å². The Kier molecular flexibility index (Phi) is 1.88. The van der Waals surface area contributed by atoms with Crippen molar-refractivity contribution in [2.24, 2.45) is 0 Å². The molecule has 1 spiro atoms. The van der Waals surface area contributed by atoms with Crippen LogP contribution in [0.5, 0.6) is 0 Å². The third kappa shape index (κ3) is 1.17. The van der Waals surface area contributed by atoms with Crippen LogP contribution in [0, 0.1) is 13.8 Å². The minimum atomic E-state index is 0.500. The largest absolute Gasteiger partial charge is 0.155 e. The smallest absolute Gasteiger partial charge is 0.0640 e. The van der Waals surface area contributed by atoms with Gasteiger partial charge in [-0.2, -0.15) is 10.2 Å². The standard InChI is InChI=1S/C13H18N2/c1-9-11-5-8-13(6-3-4-7-13)12(11)10(2)15-14-9/h3-8H2,1-2H3. The fourth-order valence-electron chi connectivity index (χ4n) is 3.71. The van der Waals surface area contributed by atoms with Gasteiger partial charge in [-0.1, -0.05) is 12.8 Å². The lowest BCUT2D eigenvalue weighted by Crippen LogP contribution is -2.20. The molecule has 1 heterocycles. The quantitative estimate of drug-likeness (QED) is 0.646. The fourth-order valence-corrected chi connectivity index (χ4v) is 3.71. The molecule has 2 aliphatic carbocycles. The molecule has 0 aromatic carbocycles. The van der Waals surface area contributed by atoms with Crippen LogP contribution in [0.15, 0.2) is 0 Å². The molecule has 0 amide bonds. The highest BCUT2D eigenvalue weighted by molar-refractivity contribution is 5.43. The molecule has 15 heavy (non-hydrogen) atoms. The van der Waals surface area contributed by atoms with Crippen molar-refractivity contribution in [3.8, 4) is 0 Å². The van der Waals surface area contributed by atoms with Gasteiger partial charge < -0.3 is 0 Å². The third-order valence-corrected chi connectivity index (χ3v) is 4.39. The summed E-state index contributed by atoms with van der Waals surface area (Å²) in [6, 6.07) is 0. The monoisotopic (exact) mass is 202 g/mol. The Bertz CT molecular complexity index is 403. The van der Waals surface area contributed by atoms with Crippen LogP contribution in [0.25, 0.3) is 0 Å². The first-order valence-electron chi connectivity index (χ1n) is 6.06. The average molecular weight is 202 g/mol.